The Bertz CT molecular complexity index is 428. The molecule has 1 aliphatic rings. The second-order valence-electron chi connectivity index (χ2n) is 4.20. The van der Waals surface area contributed by atoms with Crippen LogP contribution in [-0.4, -0.2) is 35.6 Å². The Morgan fingerprint density at radius 3 is 3.12 bits per heavy atom. The van der Waals surface area contributed by atoms with Crippen LogP contribution in [0.1, 0.15) is 19.8 Å². The standard InChI is InChI=1S/C11H17IN4O/c1-2-16(6-8-4-3-5-13-8)10-9(12)11(17)15-7-14-10/h7-8,13H,2-6H2,1H3,(H,14,15,17). The molecule has 2 rings (SSSR count). The molecule has 17 heavy (non-hydrogen) atoms. The lowest BCUT2D eigenvalue weighted by Crippen LogP contribution is -2.39. The highest BCUT2D eigenvalue weighted by molar-refractivity contribution is 14.1. The minimum atomic E-state index is -0.0616. The molecule has 5 nitrogen and oxygen atoms in total. The maximum Gasteiger partial charge on any atom is 0.266 e. The highest BCUT2D eigenvalue weighted by Crippen LogP contribution is 2.17. The summed E-state index contributed by atoms with van der Waals surface area (Å²) in [5, 5.41) is 3.47. The summed E-state index contributed by atoms with van der Waals surface area (Å²) in [6.07, 6.45) is 3.92. The van der Waals surface area contributed by atoms with E-state index >= 15 is 0 Å². The van der Waals surface area contributed by atoms with Crippen LogP contribution < -0.4 is 15.8 Å². The van der Waals surface area contributed by atoms with E-state index in [0.29, 0.717) is 9.61 Å². The van der Waals surface area contributed by atoms with Gasteiger partial charge in [-0.1, -0.05) is 0 Å². The number of likely N-dealkylation sites (N-methyl/N-ethyl adjacent to an activating group) is 1. The predicted molar refractivity (Wildman–Crippen MR) is 76.5 cm³/mol. The van der Waals surface area contributed by atoms with E-state index in [-0.39, 0.29) is 5.56 Å². The van der Waals surface area contributed by atoms with Gasteiger partial charge in [-0.2, -0.15) is 0 Å². The molecule has 0 radical (unpaired) electrons. The first kappa shape index (κ1) is 12.8. The third-order valence-electron chi connectivity index (χ3n) is 3.06. The summed E-state index contributed by atoms with van der Waals surface area (Å²) in [6.45, 7) is 4.98. The summed E-state index contributed by atoms with van der Waals surface area (Å²) in [7, 11) is 0. The molecular formula is C11H17IN4O. The zero-order chi connectivity index (χ0) is 12.3. The van der Waals surface area contributed by atoms with Crippen molar-refractivity contribution in [3.63, 3.8) is 0 Å². The van der Waals surface area contributed by atoms with Crippen LogP contribution in [0.3, 0.4) is 0 Å². The van der Waals surface area contributed by atoms with Crippen molar-refractivity contribution in [3.05, 3.63) is 20.3 Å². The molecule has 1 aliphatic heterocycles. The fourth-order valence-corrected chi connectivity index (χ4v) is 2.77. The van der Waals surface area contributed by atoms with Crippen molar-refractivity contribution >= 4 is 28.4 Å². The second kappa shape index (κ2) is 5.81. The van der Waals surface area contributed by atoms with Crippen LogP contribution in [0.2, 0.25) is 0 Å². The van der Waals surface area contributed by atoms with Crippen LogP contribution in [0.15, 0.2) is 11.1 Å². The molecule has 1 aromatic heterocycles. The van der Waals surface area contributed by atoms with E-state index in [0.717, 1.165) is 25.5 Å². The fourth-order valence-electron chi connectivity index (χ4n) is 2.14. The van der Waals surface area contributed by atoms with E-state index in [2.05, 4.69) is 49.7 Å². The van der Waals surface area contributed by atoms with Crippen LogP contribution >= 0.6 is 22.6 Å². The number of hydrogen-bond donors (Lipinski definition) is 2. The van der Waals surface area contributed by atoms with Crippen LogP contribution in [0.4, 0.5) is 5.82 Å². The topological polar surface area (TPSA) is 61.0 Å². The van der Waals surface area contributed by atoms with Crippen LogP contribution in [0.25, 0.3) is 0 Å². The lowest BCUT2D eigenvalue weighted by Gasteiger charge is -2.25. The van der Waals surface area contributed by atoms with Crippen LogP contribution in [-0.2, 0) is 0 Å². The van der Waals surface area contributed by atoms with E-state index < -0.39 is 0 Å². The third-order valence-corrected chi connectivity index (χ3v) is 4.03. The van der Waals surface area contributed by atoms with E-state index in [4.69, 9.17) is 0 Å². The molecule has 0 bridgehead atoms. The first-order valence-corrected chi connectivity index (χ1v) is 7.01. The highest BCUT2D eigenvalue weighted by atomic mass is 127. The van der Waals surface area contributed by atoms with Gasteiger partial charge in [-0.05, 0) is 48.9 Å². The molecule has 1 fully saturated rings. The van der Waals surface area contributed by atoms with Gasteiger partial charge in [0.15, 0.2) is 0 Å². The van der Waals surface area contributed by atoms with Crippen molar-refractivity contribution < 1.29 is 0 Å². The molecule has 0 aromatic carbocycles. The summed E-state index contributed by atoms with van der Waals surface area (Å²) in [5.41, 5.74) is -0.0616. The van der Waals surface area contributed by atoms with Gasteiger partial charge in [0, 0.05) is 19.1 Å². The Kier molecular flexibility index (Phi) is 4.38. The number of aromatic amines is 1. The van der Waals surface area contributed by atoms with Crippen LogP contribution in [0.5, 0.6) is 0 Å². The normalized spacial score (nSPS) is 19.5. The lowest BCUT2D eigenvalue weighted by molar-refractivity contribution is 0.582. The average Bonchev–Trinajstić information content (AvgIpc) is 2.83. The Balaban J connectivity index is 2.16. The molecule has 0 saturated carbocycles. The van der Waals surface area contributed by atoms with E-state index in [9.17, 15) is 4.79 Å². The van der Waals surface area contributed by atoms with Gasteiger partial charge < -0.3 is 15.2 Å². The maximum atomic E-state index is 11.6. The van der Waals surface area contributed by atoms with Crippen molar-refractivity contribution in [1.29, 1.82) is 0 Å². The number of nitrogens with zero attached hydrogens (tertiary/aromatic N) is 2. The number of halogens is 1. The zero-order valence-corrected chi connectivity index (χ0v) is 12.0. The molecular weight excluding hydrogens is 331 g/mol. The Labute approximate surface area is 114 Å². The first-order valence-electron chi connectivity index (χ1n) is 5.94. The average molecular weight is 348 g/mol. The molecule has 6 heteroatoms. The number of rotatable bonds is 4. The molecule has 1 saturated heterocycles. The summed E-state index contributed by atoms with van der Waals surface area (Å²) in [4.78, 5) is 20.6. The van der Waals surface area contributed by atoms with Crippen molar-refractivity contribution in [2.24, 2.45) is 0 Å². The third kappa shape index (κ3) is 2.98. The quantitative estimate of drug-likeness (QED) is 0.796. The molecule has 1 atom stereocenters. The SMILES string of the molecule is CCN(CC1CCCN1)c1nc[nH]c(=O)c1I. The molecule has 1 aromatic rings. The molecule has 0 amide bonds. The number of H-pyrrole nitrogens is 1. The van der Waals surface area contributed by atoms with Crippen molar-refractivity contribution in [3.8, 4) is 0 Å². The van der Waals surface area contributed by atoms with Gasteiger partial charge in [0.1, 0.15) is 9.39 Å². The number of hydrogen-bond acceptors (Lipinski definition) is 4. The highest BCUT2D eigenvalue weighted by Gasteiger charge is 2.20. The van der Waals surface area contributed by atoms with Gasteiger partial charge in [0.25, 0.3) is 5.56 Å². The minimum absolute atomic E-state index is 0.0616. The summed E-state index contributed by atoms with van der Waals surface area (Å²) < 4.78 is 0.671. The summed E-state index contributed by atoms with van der Waals surface area (Å²) >= 11 is 2.06. The number of anilines is 1. The van der Waals surface area contributed by atoms with Gasteiger partial charge in [0.05, 0.1) is 6.33 Å². The molecule has 2 heterocycles. The zero-order valence-electron chi connectivity index (χ0n) is 9.87. The van der Waals surface area contributed by atoms with Gasteiger partial charge in [0.2, 0.25) is 0 Å². The van der Waals surface area contributed by atoms with E-state index in [1.807, 2.05) is 0 Å². The summed E-state index contributed by atoms with van der Waals surface area (Å²) in [5.74, 6) is 0.797. The van der Waals surface area contributed by atoms with E-state index in [1.165, 1.54) is 19.2 Å². The maximum absolute atomic E-state index is 11.6. The van der Waals surface area contributed by atoms with Gasteiger partial charge in [-0.25, -0.2) is 4.98 Å². The van der Waals surface area contributed by atoms with Crippen LogP contribution in [0, 0.1) is 3.57 Å². The Morgan fingerprint density at radius 1 is 1.65 bits per heavy atom. The largest absolute Gasteiger partial charge is 0.354 e. The molecule has 0 spiro atoms. The molecule has 0 aliphatic carbocycles. The van der Waals surface area contributed by atoms with E-state index in [1.54, 1.807) is 0 Å². The Hall–Kier alpha value is -0.630. The fraction of sp³-hybridized carbons (Fsp3) is 0.636. The summed E-state index contributed by atoms with van der Waals surface area (Å²) in [6, 6.07) is 0.520. The Morgan fingerprint density at radius 2 is 2.47 bits per heavy atom. The second-order valence-corrected chi connectivity index (χ2v) is 5.28. The monoisotopic (exact) mass is 348 g/mol. The van der Waals surface area contributed by atoms with Crippen molar-refractivity contribution in [2.75, 3.05) is 24.5 Å². The van der Waals surface area contributed by atoms with Gasteiger partial charge in [-0.15, -0.1) is 0 Å². The number of aromatic nitrogens is 2. The van der Waals surface area contributed by atoms with Gasteiger partial charge in [-0.3, -0.25) is 4.79 Å². The van der Waals surface area contributed by atoms with Gasteiger partial charge >= 0.3 is 0 Å². The first-order chi connectivity index (χ1) is 8.22. The predicted octanol–water partition coefficient (Wildman–Crippen LogP) is 0.953. The molecule has 1 unspecified atom stereocenters. The number of nitrogens with one attached hydrogen (secondary N) is 2. The lowest BCUT2D eigenvalue weighted by atomic mass is 10.2. The smallest absolute Gasteiger partial charge is 0.266 e. The van der Waals surface area contributed by atoms with Crippen molar-refractivity contribution in [2.45, 2.75) is 25.8 Å². The molecule has 94 valence electrons. The molecule has 2 N–H and O–H groups in total. The van der Waals surface area contributed by atoms with Crippen molar-refractivity contribution in [1.82, 2.24) is 15.3 Å². The minimum Gasteiger partial charge on any atom is -0.354 e.